The Morgan fingerprint density at radius 2 is 2.09 bits per heavy atom. The molecule has 0 spiro atoms. The van der Waals surface area contributed by atoms with E-state index in [1.165, 1.54) is 0 Å². The summed E-state index contributed by atoms with van der Waals surface area (Å²) in [6.45, 7) is 2.05. The summed E-state index contributed by atoms with van der Waals surface area (Å²) in [5.74, 6) is 0. The Labute approximate surface area is 139 Å². The first kappa shape index (κ1) is 14.9. The average molecular weight is 381 g/mol. The number of imidazole rings is 1. The molecule has 0 aliphatic rings. The molecule has 0 aromatic carbocycles. The number of fused-ring (bicyclic) bond motifs is 2. The highest BCUT2D eigenvalue weighted by Gasteiger charge is 2.16. The average Bonchev–Trinajstić information content (AvgIpc) is 3.11. The largest absolute Gasteiger partial charge is 0.307 e. The summed E-state index contributed by atoms with van der Waals surface area (Å²) in [7, 11) is 0. The van der Waals surface area contributed by atoms with Crippen LogP contribution in [0.3, 0.4) is 0 Å². The van der Waals surface area contributed by atoms with Crippen molar-refractivity contribution in [3.05, 3.63) is 47.1 Å². The van der Waals surface area contributed by atoms with E-state index < -0.39 is 0 Å². The molecule has 0 radical (unpaired) electrons. The molecule has 112 valence electrons. The van der Waals surface area contributed by atoms with Crippen molar-refractivity contribution in [3.8, 4) is 0 Å². The molecule has 0 saturated carbocycles. The van der Waals surface area contributed by atoms with E-state index in [-0.39, 0.29) is 18.4 Å². The molecule has 4 heterocycles. The first-order chi connectivity index (χ1) is 10.2. The van der Waals surface area contributed by atoms with Gasteiger partial charge in [0.1, 0.15) is 10.3 Å². The van der Waals surface area contributed by atoms with Crippen LogP contribution < -0.4 is 0 Å². The molecule has 0 N–H and O–H groups in total. The van der Waals surface area contributed by atoms with Gasteiger partial charge in [-0.25, -0.2) is 19.6 Å². The van der Waals surface area contributed by atoms with Crippen molar-refractivity contribution in [3.63, 3.8) is 0 Å². The number of hydrogen-bond donors (Lipinski definition) is 0. The lowest BCUT2D eigenvalue weighted by Crippen LogP contribution is -2.10. The highest BCUT2D eigenvalue weighted by atomic mass is 79.9. The number of hydrogen-bond acceptors (Lipinski definition) is 5. The molecule has 0 bridgehead atoms. The molecular formula is C13H11BrClN7. The van der Waals surface area contributed by atoms with Crippen LogP contribution in [-0.4, -0.2) is 34.3 Å². The second-order valence-electron chi connectivity index (χ2n) is 4.71. The topological polar surface area (TPSA) is 73.8 Å². The number of halogens is 2. The molecule has 0 saturated heterocycles. The fraction of sp³-hybridized carbons (Fsp3) is 0.154. The van der Waals surface area contributed by atoms with E-state index in [1.54, 1.807) is 17.1 Å². The van der Waals surface area contributed by atoms with Gasteiger partial charge in [-0.2, -0.15) is 0 Å². The van der Waals surface area contributed by atoms with Crippen LogP contribution in [0.1, 0.15) is 18.5 Å². The van der Waals surface area contributed by atoms with Gasteiger partial charge in [-0.3, -0.25) is 0 Å². The second-order valence-corrected chi connectivity index (χ2v) is 5.52. The van der Waals surface area contributed by atoms with E-state index in [4.69, 9.17) is 0 Å². The molecule has 4 aromatic rings. The normalized spacial score (nSPS) is 12.5. The Morgan fingerprint density at radius 1 is 1.23 bits per heavy atom. The van der Waals surface area contributed by atoms with Gasteiger partial charge in [0.25, 0.3) is 0 Å². The minimum Gasteiger partial charge on any atom is -0.307 e. The van der Waals surface area contributed by atoms with E-state index >= 15 is 0 Å². The van der Waals surface area contributed by atoms with E-state index in [0.717, 1.165) is 11.2 Å². The maximum atomic E-state index is 4.41. The molecule has 7 nitrogen and oxygen atoms in total. The first-order valence-electron chi connectivity index (χ1n) is 6.38. The minimum absolute atomic E-state index is 0. The lowest BCUT2D eigenvalue weighted by atomic mass is 10.1. The zero-order valence-electron chi connectivity index (χ0n) is 11.5. The Kier molecular flexibility index (Phi) is 3.79. The monoisotopic (exact) mass is 379 g/mol. The van der Waals surface area contributed by atoms with Gasteiger partial charge in [-0.15, -0.1) is 17.5 Å². The third kappa shape index (κ3) is 2.34. The summed E-state index contributed by atoms with van der Waals surface area (Å²) < 4.78 is 4.41. The van der Waals surface area contributed by atoms with Crippen molar-refractivity contribution >= 4 is 45.3 Å². The van der Waals surface area contributed by atoms with Crippen LogP contribution >= 0.6 is 28.3 Å². The molecular weight excluding hydrogens is 370 g/mol. The van der Waals surface area contributed by atoms with Crippen LogP contribution in [0.15, 0.2) is 41.5 Å². The lowest BCUT2D eigenvalue weighted by molar-refractivity contribution is 0.554. The molecule has 9 heteroatoms. The quantitative estimate of drug-likeness (QED) is 0.534. The van der Waals surface area contributed by atoms with Gasteiger partial charge in [0.05, 0.1) is 12.2 Å². The number of aromatic nitrogens is 7. The van der Waals surface area contributed by atoms with Crippen LogP contribution in [0.25, 0.3) is 16.9 Å². The fourth-order valence-corrected chi connectivity index (χ4v) is 2.57. The van der Waals surface area contributed by atoms with Crippen LogP contribution in [0, 0.1) is 0 Å². The number of nitrogens with zero attached hydrogens (tertiary/aromatic N) is 7. The predicted molar refractivity (Wildman–Crippen MR) is 87.1 cm³/mol. The summed E-state index contributed by atoms with van der Waals surface area (Å²) in [5.41, 5.74) is 3.20. The molecule has 4 aromatic heterocycles. The third-order valence-corrected chi connectivity index (χ3v) is 3.80. The predicted octanol–water partition coefficient (Wildman–Crippen LogP) is 2.66. The van der Waals surface area contributed by atoms with Crippen molar-refractivity contribution in [1.82, 2.24) is 34.3 Å². The minimum atomic E-state index is -0.00889. The zero-order chi connectivity index (χ0) is 14.4. The maximum absolute atomic E-state index is 4.41. The van der Waals surface area contributed by atoms with Gasteiger partial charge < -0.3 is 4.40 Å². The van der Waals surface area contributed by atoms with Crippen LogP contribution in [0.5, 0.6) is 0 Å². The first-order valence-corrected chi connectivity index (χ1v) is 7.18. The summed E-state index contributed by atoms with van der Waals surface area (Å²) in [6, 6.07) is 4.00. The van der Waals surface area contributed by atoms with Crippen molar-refractivity contribution in [2.75, 3.05) is 0 Å². The van der Waals surface area contributed by atoms with Crippen molar-refractivity contribution < 1.29 is 0 Å². The molecule has 4 rings (SSSR count). The summed E-state index contributed by atoms with van der Waals surface area (Å²) in [5, 5.41) is 8.23. The van der Waals surface area contributed by atoms with Gasteiger partial charge in [0.2, 0.25) is 5.65 Å². The molecule has 0 unspecified atom stereocenters. The summed E-state index contributed by atoms with van der Waals surface area (Å²) >= 11 is 3.33. The lowest BCUT2D eigenvalue weighted by Gasteiger charge is -2.12. The van der Waals surface area contributed by atoms with Crippen molar-refractivity contribution in [2.24, 2.45) is 0 Å². The Hall–Kier alpha value is -2.06. The van der Waals surface area contributed by atoms with Crippen LogP contribution in [0.2, 0.25) is 0 Å². The van der Waals surface area contributed by atoms with Gasteiger partial charge in [0.15, 0.2) is 5.65 Å². The van der Waals surface area contributed by atoms with Crippen LogP contribution in [-0.2, 0) is 0 Å². The SMILES string of the molecule is C[C@@H](c1ccc2nccn2c1)n1nnc2ncc(Br)nc21.Cl. The standard InChI is InChI=1S/C13H10BrN7.ClH/c1-8(9-2-3-11-15-4-5-20(11)7-9)21-13-12(18-19-21)16-6-10(14)17-13;/h2-8H,1H3;1H/t8-;/m0./s1. The molecule has 1 atom stereocenters. The molecule has 0 fully saturated rings. The van der Waals surface area contributed by atoms with E-state index in [0.29, 0.717) is 15.9 Å². The summed E-state index contributed by atoms with van der Waals surface area (Å²) in [4.78, 5) is 12.9. The van der Waals surface area contributed by atoms with Gasteiger partial charge >= 0.3 is 0 Å². The Bertz CT molecular complexity index is 948. The molecule has 0 aliphatic carbocycles. The molecule has 22 heavy (non-hydrogen) atoms. The Balaban J connectivity index is 0.00000144. The Morgan fingerprint density at radius 3 is 2.95 bits per heavy atom. The van der Waals surface area contributed by atoms with Crippen molar-refractivity contribution in [2.45, 2.75) is 13.0 Å². The number of rotatable bonds is 2. The van der Waals surface area contributed by atoms with Gasteiger partial charge in [-0.1, -0.05) is 11.3 Å². The third-order valence-electron chi connectivity index (χ3n) is 3.42. The highest BCUT2D eigenvalue weighted by Crippen LogP contribution is 2.21. The van der Waals surface area contributed by atoms with Gasteiger partial charge in [-0.05, 0) is 34.5 Å². The fourth-order valence-electron chi connectivity index (χ4n) is 2.30. The summed E-state index contributed by atoms with van der Waals surface area (Å²) in [6.07, 6.45) is 7.34. The second kappa shape index (κ2) is 5.62. The van der Waals surface area contributed by atoms with Crippen LogP contribution in [0.4, 0.5) is 0 Å². The molecule has 0 aliphatic heterocycles. The molecule has 0 amide bonds. The van der Waals surface area contributed by atoms with E-state index in [2.05, 4.69) is 48.1 Å². The van der Waals surface area contributed by atoms with E-state index in [1.807, 2.05) is 28.9 Å². The maximum Gasteiger partial charge on any atom is 0.221 e. The van der Waals surface area contributed by atoms with E-state index in [9.17, 15) is 0 Å². The zero-order valence-corrected chi connectivity index (χ0v) is 13.9. The number of pyridine rings is 1. The van der Waals surface area contributed by atoms with Gasteiger partial charge in [0, 0.05) is 18.6 Å². The smallest absolute Gasteiger partial charge is 0.221 e. The van der Waals surface area contributed by atoms with Crippen molar-refractivity contribution in [1.29, 1.82) is 0 Å². The highest BCUT2D eigenvalue weighted by molar-refractivity contribution is 9.10.